The number of carbonyl (C=O) groups excluding carboxylic acids is 3. The minimum absolute atomic E-state index is 0.0428. The average Bonchev–Trinajstić information content (AvgIpc) is 2.84. The molecule has 0 bridgehead atoms. The van der Waals surface area contributed by atoms with E-state index in [1.807, 2.05) is 56.9 Å². The molecule has 2 aromatic carbocycles. The summed E-state index contributed by atoms with van der Waals surface area (Å²) in [6.07, 6.45) is 1.59. The second-order valence-corrected chi connectivity index (χ2v) is 12.8. The van der Waals surface area contributed by atoms with E-state index in [9.17, 15) is 23.9 Å². The number of rotatable bonds is 7. The van der Waals surface area contributed by atoms with Gasteiger partial charge < -0.3 is 19.5 Å². The first-order valence-corrected chi connectivity index (χ1v) is 13.8. The summed E-state index contributed by atoms with van der Waals surface area (Å²) in [7, 11) is 0. The predicted octanol–water partition coefficient (Wildman–Crippen LogP) is 5.23. The highest BCUT2D eigenvalue weighted by Gasteiger charge is 2.49. The van der Waals surface area contributed by atoms with Gasteiger partial charge in [-0.1, -0.05) is 58.0 Å². The van der Waals surface area contributed by atoms with E-state index in [1.54, 1.807) is 12.1 Å². The number of ketones is 2. The van der Waals surface area contributed by atoms with Crippen LogP contribution in [0, 0.1) is 16.6 Å². The molecule has 5 rings (SSSR count). The van der Waals surface area contributed by atoms with Crippen LogP contribution in [0.25, 0.3) is 0 Å². The molecular weight excluding hydrogens is 509 g/mol. The quantitative estimate of drug-likeness (QED) is 0.475. The van der Waals surface area contributed by atoms with E-state index in [0.717, 1.165) is 11.4 Å². The fraction of sp³-hybridized carbons (Fsp3) is 0.424. The number of nitrogens with zero attached hydrogens (tertiary/aromatic N) is 1. The highest BCUT2D eigenvalue weighted by molar-refractivity contribution is 6.07. The summed E-state index contributed by atoms with van der Waals surface area (Å²) in [6, 6.07) is 13.6. The highest BCUT2D eigenvalue weighted by Crippen LogP contribution is 2.55. The van der Waals surface area contributed by atoms with Crippen molar-refractivity contribution in [2.24, 2.45) is 10.8 Å². The van der Waals surface area contributed by atoms with Gasteiger partial charge in [-0.3, -0.25) is 9.59 Å². The number of carboxylic acid groups (broad SMARTS) is 1. The van der Waals surface area contributed by atoms with Crippen molar-refractivity contribution >= 4 is 17.5 Å². The standard InChI is InChI=1S/C33H36FNO5/c1-32(2)15-23-30(25(36)17-32)29(22-10-5-6-11-27(22)40-19-20-8-7-9-21(34)14-20)31-24(35(23)13-12-28(38)39)16-33(3,4)18-26(31)37/h5-11,14,29H,12-13,15-19H2,1-4H3,(H,38,39)/p-1. The monoisotopic (exact) mass is 544 g/mol. The summed E-state index contributed by atoms with van der Waals surface area (Å²) in [4.78, 5) is 41.3. The highest BCUT2D eigenvalue weighted by atomic mass is 19.1. The van der Waals surface area contributed by atoms with Gasteiger partial charge in [-0.2, -0.15) is 0 Å². The van der Waals surface area contributed by atoms with Gasteiger partial charge in [-0.05, 0) is 47.4 Å². The molecule has 6 nitrogen and oxygen atoms in total. The molecule has 0 atom stereocenters. The molecule has 0 unspecified atom stereocenters. The lowest BCUT2D eigenvalue weighted by Gasteiger charge is -2.49. The van der Waals surface area contributed by atoms with E-state index in [2.05, 4.69) is 0 Å². The molecule has 7 heteroatoms. The van der Waals surface area contributed by atoms with Gasteiger partial charge >= 0.3 is 0 Å². The summed E-state index contributed by atoms with van der Waals surface area (Å²) in [5, 5.41) is 11.5. The molecule has 0 spiro atoms. The van der Waals surface area contributed by atoms with E-state index in [1.165, 1.54) is 12.1 Å². The van der Waals surface area contributed by atoms with Crippen LogP contribution < -0.4 is 9.84 Å². The number of para-hydroxylation sites is 1. The number of Topliss-reactive ketones (excluding diaryl/α,β-unsaturated/α-hetero) is 2. The predicted molar refractivity (Wildman–Crippen MR) is 146 cm³/mol. The Kier molecular flexibility index (Phi) is 7.19. The summed E-state index contributed by atoms with van der Waals surface area (Å²) in [6.45, 7) is 8.41. The number of halogens is 1. The van der Waals surface area contributed by atoms with Crippen LogP contribution in [0.4, 0.5) is 4.39 Å². The van der Waals surface area contributed by atoms with Gasteiger partial charge in [0.2, 0.25) is 0 Å². The molecule has 2 aromatic rings. The number of benzene rings is 2. The third-order valence-electron chi connectivity index (χ3n) is 8.07. The van der Waals surface area contributed by atoms with Crippen molar-refractivity contribution in [2.75, 3.05) is 6.54 Å². The summed E-state index contributed by atoms with van der Waals surface area (Å²) < 4.78 is 20.0. The lowest BCUT2D eigenvalue weighted by atomic mass is 9.63. The van der Waals surface area contributed by atoms with Crippen LogP contribution in [0.3, 0.4) is 0 Å². The Hall–Kier alpha value is -3.74. The molecule has 3 aliphatic rings. The van der Waals surface area contributed by atoms with Gasteiger partial charge in [0.05, 0.1) is 0 Å². The summed E-state index contributed by atoms with van der Waals surface area (Å²) in [5.41, 5.74) is 3.41. The van der Waals surface area contributed by atoms with Gasteiger partial charge in [0, 0.05) is 65.8 Å². The molecule has 2 aliphatic carbocycles. The van der Waals surface area contributed by atoms with Crippen molar-refractivity contribution in [3.8, 4) is 5.75 Å². The van der Waals surface area contributed by atoms with Crippen LogP contribution in [-0.2, 0) is 21.0 Å². The van der Waals surface area contributed by atoms with Crippen molar-refractivity contribution in [1.29, 1.82) is 0 Å². The van der Waals surface area contributed by atoms with Crippen LogP contribution in [0.1, 0.15) is 76.8 Å². The molecule has 0 saturated heterocycles. The molecule has 0 amide bonds. The topological polar surface area (TPSA) is 86.7 Å². The first-order valence-electron chi connectivity index (χ1n) is 13.8. The smallest absolute Gasteiger partial charge is 0.162 e. The second kappa shape index (κ2) is 10.3. The van der Waals surface area contributed by atoms with Gasteiger partial charge in [-0.25, -0.2) is 4.39 Å². The molecule has 0 N–H and O–H groups in total. The molecule has 1 aliphatic heterocycles. The normalized spacial score (nSPS) is 20.4. The number of hydrogen-bond donors (Lipinski definition) is 0. The first kappa shape index (κ1) is 27.8. The third-order valence-corrected chi connectivity index (χ3v) is 8.07. The largest absolute Gasteiger partial charge is 0.550 e. The Labute approximate surface area is 234 Å². The zero-order chi connectivity index (χ0) is 28.8. The molecular formula is C33H35FNO5-. The minimum Gasteiger partial charge on any atom is -0.550 e. The second-order valence-electron chi connectivity index (χ2n) is 12.8. The Balaban J connectivity index is 1.67. The van der Waals surface area contributed by atoms with Crippen molar-refractivity contribution in [3.05, 3.63) is 88.0 Å². The van der Waals surface area contributed by atoms with Gasteiger partial charge in [0.25, 0.3) is 0 Å². The van der Waals surface area contributed by atoms with E-state index >= 15 is 0 Å². The summed E-state index contributed by atoms with van der Waals surface area (Å²) in [5.74, 6) is -1.72. The average molecular weight is 545 g/mol. The van der Waals surface area contributed by atoms with Gasteiger partial charge in [0.1, 0.15) is 18.2 Å². The molecule has 1 heterocycles. The maximum absolute atomic E-state index is 13.9. The van der Waals surface area contributed by atoms with Crippen molar-refractivity contribution < 1.29 is 28.6 Å². The van der Waals surface area contributed by atoms with Crippen molar-refractivity contribution in [3.63, 3.8) is 0 Å². The number of hydrogen-bond acceptors (Lipinski definition) is 6. The number of ether oxygens (including phenoxy) is 1. The molecule has 0 aromatic heterocycles. The van der Waals surface area contributed by atoms with E-state index < -0.39 is 11.9 Å². The number of aliphatic carboxylic acids is 1. The van der Waals surface area contributed by atoms with Crippen molar-refractivity contribution in [2.45, 2.75) is 72.3 Å². The fourth-order valence-corrected chi connectivity index (χ4v) is 6.47. The zero-order valence-electron chi connectivity index (χ0n) is 23.5. The van der Waals surface area contributed by atoms with Gasteiger partial charge in [0.15, 0.2) is 11.6 Å². The van der Waals surface area contributed by atoms with E-state index in [-0.39, 0.29) is 47.8 Å². The Bertz CT molecular complexity index is 1400. The van der Waals surface area contributed by atoms with Crippen LogP contribution in [0.5, 0.6) is 5.75 Å². The minimum atomic E-state index is -1.18. The van der Waals surface area contributed by atoms with E-state index in [4.69, 9.17) is 4.74 Å². The van der Waals surface area contributed by atoms with Gasteiger partial charge in [-0.15, -0.1) is 0 Å². The fourth-order valence-electron chi connectivity index (χ4n) is 6.47. The number of carboxylic acids is 1. The first-order chi connectivity index (χ1) is 18.8. The Morgan fingerprint density at radius 1 is 0.925 bits per heavy atom. The van der Waals surface area contributed by atoms with Crippen LogP contribution >= 0.6 is 0 Å². The number of carbonyl (C=O) groups is 3. The van der Waals surface area contributed by atoms with Crippen LogP contribution in [0.2, 0.25) is 0 Å². The zero-order valence-corrected chi connectivity index (χ0v) is 23.5. The molecule has 0 fully saturated rings. The lowest BCUT2D eigenvalue weighted by Crippen LogP contribution is -2.45. The maximum Gasteiger partial charge on any atom is 0.162 e. The molecule has 210 valence electrons. The van der Waals surface area contributed by atoms with Crippen LogP contribution in [0.15, 0.2) is 71.1 Å². The maximum atomic E-state index is 13.9. The Morgan fingerprint density at radius 3 is 2.10 bits per heavy atom. The SMILES string of the molecule is CC1(C)CC(=O)C2=C(C1)N(CCC(=O)[O-])C1=C(C(=O)CC(C)(C)C1)C2c1ccccc1OCc1cccc(F)c1. The molecule has 0 saturated carbocycles. The van der Waals surface area contributed by atoms with Crippen molar-refractivity contribution in [1.82, 2.24) is 4.90 Å². The Morgan fingerprint density at radius 2 is 1.52 bits per heavy atom. The molecule has 0 radical (unpaired) electrons. The summed E-state index contributed by atoms with van der Waals surface area (Å²) >= 11 is 0. The van der Waals surface area contributed by atoms with Crippen LogP contribution in [-0.4, -0.2) is 29.0 Å². The third kappa shape index (κ3) is 5.47. The number of allylic oxidation sites excluding steroid dienone is 4. The molecule has 40 heavy (non-hydrogen) atoms. The lowest BCUT2D eigenvalue weighted by molar-refractivity contribution is -0.305. The van der Waals surface area contributed by atoms with E-state index in [0.29, 0.717) is 53.7 Å².